The summed E-state index contributed by atoms with van der Waals surface area (Å²) in [4.78, 5) is 0. The van der Waals surface area contributed by atoms with Crippen molar-refractivity contribution in [3.8, 4) is 0 Å². The molecule has 0 heterocycles. The largest absolute Gasteiger partial charge is 0.381 e. The van der Waals surface area contributed by atoms with Crippen LogP contribution in [0, 0.1) is 5.92 Å². The summed E-state index contributed by atoms with van der Waals surface area (Å²) in [6.07, 6.45) is 6.73. The van der Waals surface area contributed by atoms with E-state index in [9.17, 15) is 0 Å². The van der Waals surface area contributed by atoms with E-state index in [4.69, 9.17) is 4.74 Å². The first-order valence-electron chi connectivity index (χ1n) is 6.41. The van der Waals surface area contributed by atoms with Gasteiger partial charge in [-0.05, 0) is 46.1 Å². The summed E-state index contributed by atoms with van der Waals surface area (Å²) in [7, 11) is 0. The lowest BCUT2D eigenvalue weighted by Gasteiger charge is -2.25. The Balaban J connectivity index is 1.76. The Kier molecular flexibility index (Phi) is 5.62. The van der Waals surface area contributed by atoms with Gasteiger partial charge in [-0.15, -0.1) is 0 Å². The second-order valence-corrected chi connectivity index (χ2v) is 5.73. The van der Waals surface area contributed by atoms with E-state index in [0.29, 0.717) is 0 Å². The Morgan fingerprint density at radius 1 is 1.20 bits per heavy atom. The van der Waals surface area contributed by atoms with Crippen LogP contribution in [0.5, 0.6) is 0 Å². The second kappa shape index (κ2) is 6.49. The number of hydrogen-bond acceptors (Lipinski definition) is 2. The average molecular weight is 213 g/mol. The maximum Gasteiger partial charge on any atom is 0.0478 e. The normalized spacial score (nSPS) is 17.8. The van der Waals surface area contributed by atoms with E-state index in [1.165, 1.54) is 25.7 Å². The molecular weight excluding hydrogens is 186 g/mol. The van der Waals surface area contributed by atoms with Crippen molar-refractivity contribution in [2.75, 3.05) is 19.8 Å². The summed E-state index contributed by atoms with van der Waals surface area (Å²) in [6.45, 7) is 9.54. The van der Waals surface area contributed by atoms with Crippen LogP contribution in [0.15, 0.2) is 0 Å². The molecule has 0 aromatic heterocycles. The topological polar surface area (TPSA) is 21.3 Å². The Morgan fingerprint density at radius 2 is 1.93 bits per heavy atom. The van der Waals surface area contributed by atoms with Gasteiger partial charge in [0, 0.05) is 18.8 Å². The minimum atomic E-state index is 0.242. The van der Waals surface area contributed by atoms with Crippen LogP contribution in [-0.2, 0) is 4.74 Å². The number of nitrogens with one attached hydrogen (secondary N) is 1. The molecule has 0 saturated heterocycles. The van der Waals surface area contributed by atoms with E-state index < -0.39 is 0 Å². The molecule has 15 heavy (non-hydrogen) atoms. The Hall–Kier alpha value is -0.0800. The quantitative estimate of drug-likeness (QED) is 0.656. The molecule has 1 saturated carbocycles. The van der Waals surface area contributed by atoms with Crippen LogP contribution in [0.1, 0.15) is 52.9 Å². The zero-order valence-electron chi connectivity index (χ0n) is 10.6. The van der Waals surface area contributed by atoms with Gasteiger partial charge in [-0.3, -0.25) is 0 Å². The standard InChI is InChI=1S/C13H27NO/c1-13(2,3)14-9-5-10-15-11-8-12-6-4-7-12/h12,14H,4-11H2,1-3H3. The fraction of sp³-hybridized carbons (Fsp3) is 1.00. The highest BCUT2D eigenvalue weighted by Crippen LogP contribution is 2.28. The summed E-state index contributed by atoms with van der Waals surface area (Å²) in [6, 6.07) is 0. The zero-order valence-corrected chi connectivity index (χ0v) is 10.6. The fourth-order valence-electron chi connectivity index (χ4n) is 1.77. The lowest BCUT2D eigenvalue weighted by molar-refractivity contribution is 0.104. The molecule has 0 atom stereocenters. The molecule has 90 valence electrons. The minimum Gasteiger partial charge on any atom is -0.381 e. The van der Waals surface area contributed by atoms with E-state index in [0.717, 1.165) is 32.1 Å². The van der Waals surface area contributed by atoms with Gasteiger partial charge in [-0.25, -0.2) is 0 Å². The van der Waals surface area contributed by atoms with E-state index >= 15 is 0 Å². The summed E-state index contributed by atoms with van der Waals surface area (Å²) < 4.78 is 5.61. The van der Waals surface area contributed by atoms with E-state index in [2.05, 4.69) is 26.1 Å². The van der Waals surface area contributed by atoms with Gasteiger partial charge in [-0.2, -0.15) is 0 Å². The van der Waals surface area contributed by atoms with Gasteiger partial charge < -0.3 is 10.1 Å². The summed E-state index contributed by atoms with van der Waals surface area (Å²) in [5.41, 5.74) is 0.242. The molecule has 0 spiro atoms. The molecule has 0 aromatic carbocycles. The van der Waals surface area contributed by atoms with Crippen LogP contribution in [0.3, 0.4) is 0 Å². The fourth-order valence-corrected chi connectivity index (χ4v) is 1.77. The van der Waals surface area contributed by atoms with Crippen molar-refractivity contribution < 1.29 is 4.74 Å². The van der Waals surface area contributed by atoms with Gasteiger partial charge >= 0.3 is 0 Å². The molecule has 0 aliphatic heterocycles. The molecule has 0 aromatic rings. The molecule has 0 radical (unpaired) electrons. The third kappa shape index (κ3) is 6.91. The van der Waals surface area contributed by atoms with Crippen molar-refractivity contribution in [1.29, 1.82) is 0 Å². The van der Waals surface area contributed by atoms with Crippen LogP contribution in [0.25, 0.3) is 0 Å². The molecule has 2 nitrogen and oxygen atoms in total. The lowest BCUT2D eigenvalue weighted by atomic mass is 9.83. The smallest absolute Gasteiger partial charge is 0.0478 e. The number of ether oxygens (including phenoxy) is 1. The number of hydrogen-bond donors (Lipinski definition) is 1. The Bertz CT molecular complexity index is 158. The second-order valence-electron chi connectivity index (χ2n) is 5.73. The van der Waals surface area contributed by atoms with E-state index in [1.807, 2.05) is 0 Å². The van der Waals surface area contributed by atoms with Crippen LogP contribution in [-0.4, -0.2) is 25.3 Å². The zero-order chi connectivity index (χ0) is 11.1. The molecule has 1 aliphatic carbocycles. The van der Waals surface area contributed by atoms with Gasteiger partial charge in [0.1, 0.15) is 0 Å². The highest BCUT2D eigenvalue weighted by Gasteiger charge is 2.16. The van der Waals surface area contributed by atoms with Crippen molar-refractivity contribution in [2.24, 2.45) is 5.92 Å². The van der Waals surface area contributed by atoms with Gasteiger partial charge in [0.15, 0.2) is 0 Å². The first-order chi connectivity index (χ1) is 7.08. The van der Waals surface area contributed by atoms with Gasteiger partial charge in [0.2, 0.25) is 0 Å². The lowest BCUT2D eigenvalue weighted by Crippen LogP contribution is -2.36. The predicted molar refractivity (Wildman–Crippen MR) is 65.1 cm³/mol. The van der Waals surface area contributed by atoms with Crippen molar-refractivity contribution in [2.45, 2.75) is 58.4 Å². The molecule has 1 rings (SSSR count). The van der Waals surface area contributed by atoms with Gasteiger partial charge in [-0.1, -0.05) is 19.3 Å². The molecule has 0 bridgehead atoms. The molecule has 1 N–H and O–H groups in total. The van der Waals surface area contributed by atoms with Gasteiger partial charge in [0.25, 0.3) is 0 Å². The summed E-state index contributed by atoms with van der Waals surface area (Å²) in [5, 5.41) is 3.46. The van der Waals surface area contributed by atoms with Crippen molar-refractivity contribution in [3.05, 3.63) is 0 Å². The highest BCUT2D eigenvalue weighted by molar-refractivity contribution is 4.70. The van der Waals surface area contributed by atoms with Crippen LogP contribution < -0.4 is 5.32 Å². The third-order valence-corrected chi connectivity index (χ3v) is 3.02. The van der Waals surface area contributed by atoms with Gasteiger partial charge in [0.05, 0.1) is 0 Å². The van der Waals surface area contributed by atoms with Crippen molar-refractivity contribution in [1.82, 2.24) is 5.32 Å². The van der Waals surface area contributed by atoms with Crippen LogP contribution in [0.4, 0.5) is 0 Å². The Morgan fingerprint density at radius 3 is 2.47 bits per heavy atom. The van der Waals surface area contributed by atoms with Crippen LogP contribution >= 0.6 is 0 Å². The highest BCUT2D eigenvalue weighted by atomic mass is 16.5. The van der Waals surface area contributed by atoms with E-state index in [-0.39, 0.29) is 5.54 Å². The number of rotatable bonds is 7. The molecule has 0 amide bonds. The molecule has 1 aliphatic rings. The maximum absolute atomic E-state index is 5.61. The average Bonchev–Trinajstić information content (AvgIpc) is 2.04. The summed E-state index contributed by atoms with van der Waals surface area (Å²) in [5.74, 6) is 0.984. The van der Waals surface area contributed by atoms with Crippen molar-refractivity contribution >= 4 is 0 Å². The van der Waals surface area contributed by atoms with Crippen molar-refractivity contribution in [3.63, 3.8) is 0 Å². The maximum atomic E-state index is 5.61. The molecule has 1 fully saturated rings. The first-order valence-corrected chi connectivity index (χ1v) is 6.41. The molecular formula is C13H27NO. The minimum absolute atomic E-state index is 0.242. The van der Waals surface area contributed by atoms with E-state index in [1.54, 1.807) is 0 Å². The molecule has 2 heteroatoms. The predicted octanol–water partition coefficient (Wildman–Crippen LogP) is 2.97. The third-order valence-electron chi connectivity index (χ3n) is 3.02. The molecule has 0 unspecified atom stereocenters. The van der Waals surface area contributed by atoms with Crippen LogP contribution in [0.2, 0.25) is 0 Å². The monoisotopic (exact) mass is 213 g/mol. The Labute approximate surface area is 94.8 Å². The first kappa shape index (κ1) is 13.0. The summed E-state index contributed by atoms with van der Waals surface area (Å²) >= 11 is 0. The SMILES string of the molecule is CC(C)(C)NCCCOCCC1CCC1.